The van der Waals surface area contributed by atoms with Gasteiger partial charge in [-0.15, -0.1) is 0 Å². The first-order valence-electron chi connectivity index (χ1n) is 31.4. The summed E-state index contributed by atoms with van der Waals surface area (Å²) in [6.07, 6.45) is 70.8. The molecule has 410 valence electrons. The Kier molecular flexibility index (Phi) is 58.0. The molecule has 0 bridgehead atoms. The van der Waals surface area contributed by atoms with Crippen molar-refractivity contribution in [2.24, 2.45) is 0 Å². The van der Waals surface area contributed by atoms with Gasteiger partial charge in [0, 0.05) is 12.8 Å². The molecular weight excluding hydrogens is 851 g/mol. The Morgan fingerprint density at radius 2 is 0.681 bits per heavy atom. The first kappa shape index (κ1) is 67.6. The lowest BCUT2D eigenvalue weighted by Gasteiger charge is -2.22. The first-order valence-corrected chi connectivity index (χ1v) is 31.4. The minimum absolute atomic E-state index is 0.0114. The summed E-state index contributed by atoms with van der Waals surface area (Å²) in [5, 5.41) is 23.3. The highest BCUT2D eigenvalue weighted by atomic mass is 16.5. The topological polar surface area (TPSA) is 95.9 Å². The van der Waals surface area contributed by atoms with Crippen LogP contribution in [-0.4, -0.2) is 47.4 Å². The summed E-state index contributed by atoms with van der Waals surface area (Å²) < 4.78 is 5.47. The summed E-state index contributed by atoms with van der Waals surface area (Å²) >= 11 is 0. The second kappa shape index (κ2) is 59.2. The zero-order valence-electron chi connectivity index (χ0n) is 46.8. The van der Waals surface area contributed by atoms with Crippen molar-refractivity contribution in [1.82, 2.24) is 5.32 Å². The monoisotopic (exact) mass is 974 g/mol. The molecule has 6 heteroatoms. The zero-order chi connectivity index (χ0) is 50.0. The Morgan fingerprint density at radius 3 is 1.03 bits per heavy atom. The van der Waals surface area contributed by atoms with Crippen molar-refractivity contribution in [2.75, 3.05) is 13.2 Å². The summed E-state index contributed by atoms with van der Waals surface area (Å²) in [7, 11) is 0. The lowest BCUT2D eigenvalue weighted by molar-refractivity contribution is -0.143. The van der Waals surface area contributed by atoms with E-state index in [0.717, 1.165) is 38.5 Å². The number of carbonyl (C=O) groups is 2. The highest BCUT2D eigenvalue weighted by Gasteiger charge is 2.20. The van der Waals surface area contributed by atoms with Gasteiger partial charge in [-0.2, -0.15) is 0 Å². The lowest BCUT2D eigenvalue weighted by atomic mass is 10.0. The minimum atomic E-state index is -0.668. The second-order valence-electron chi connectivity index (χ2n) is 21.7. The highest BCUT2D eigenvalue weighted by Crippen LogP contribution is 2.18. The maximum atomic E-state index is 12.5. The van der Waals surface area contributed by atoms with E-state index < -0.39 is 12.1 Å². The average molecular weight is 975 g/mol. The van der Waals surface area contributed by atoms with Crippen LogP contribution in [0.3, 0.4) is 0 Å². The van der Waals surface area contributed by atoms with E-state index in [4.69, 9.17) is 4.74 Å². The number of unbranched alkanes of at least 4 members (excludes halogenated alkanes) is 46. The molecule has 0 aromatic carbocycles. The van der Waals surface area contributed by atoms with E-state index in [1.807, 2.05) is 0 Å². The molecule has 0 spiro atoms. The summed E-state index contributed by atoms with van der Waals surface area (Å²) in [4.78, 5) is 24.5. The number of hydrogen-bond acceptors (Lipinski definition) is 5. The number of aliphatic hydroxyl groups is 2. The number of rotatable bonds is 59. The predicted molar refractivity (Wildman–Crippen MR) is 301 cm³/mol. The fraction of sp³-hybridized carbons (Fsp3) is 0.937. The Morgan fingerprint density at radius 1 is 0.391 bits per heavy atom. The van der Waals surface area contributed by atoms with E-state index in [1.165, 1.54) is 283 Å². The van der Waals surface area contributed by atoms with Gasteiger partial charge in [-0.05, 0) is 51.4 Å². The summed E-state index contributed by atoms with van der Waals surface area (Å²) in [6.45, 7) is 4.97. The minimum Gasteiger partial charge on any atom is -0.466 e. The van der Waals surface area contributed by atoms with Crippen molar-refractivity contribution >= 4 is 11.9 Å². The molecule has 0 aliphatic heterocycles. The number of hydrogen-bond donors (Lipinski definition) is 3. The van der Waals surface area contributed by atoms with Gasteiger partial charge in [0.25, 0.3) is 0 Å². The highest BCUT2D eigenvalue weighted by molar-refractivity contribution is 5.76. The van der Waals surface area contributed by atoms with Gasteiger partial charge in [0.05, 0.1) is 25.4 Å². The Bertz CT molecular complexity index is 1030. The Labute approximate surface area is 431 Å². The molecule has 1 amide bonds. The molecule has 0 radical (unpaired) electrons. The van der Waals surface area contributed by atoms with E-state index >= 15 is 0 Å². The molecular formula is C63H123NO5. The van der Waals surface area contributed by atoms with Crippen LogP contribution >= 0.6 is 0 Å². The van der Waals surface area contributed by atoms with Gasteiger partial charge in [0.1, 0.15) is 0 Å². The molecule has 0 saturated carbocycles. The van der Waals surface area contributed by atoms with Gasteiger partial charge in [0.15, 0.2) is 0 Å². The zero-order valence-corrected chi connectivity index (χ0v) is 46.8. The largest absolute Gasteiger partial charge is 0.466 e. The number of allylic oxidation sites excluding steroid dienone is 2. The maximum Gasteiger partial charge on any atom is 0.305 e. The third kappa shape index (κ3) is 55.8. The van der Waals surface area contributed by atoms with E-state index in [1.54, 1.807) is 0 Å². The number of ether oxygens (including phenoxy) is 1. The van der Waals surface area contributed by atoms with Gasteiger partial charge in [-0.1, -0.05) is 302 Å². The molecule has 69 heavy (non-hydrogen) atoms. The first-order chi connectivity index (χ1) is 34.0. The van der Waals surface area contributed by atoms with Crippen molar-refractivity contribution < 1.29 is 24.5 Å². The lowest BCUT2D eigenvalue weighted by Crippen LogP contribution is -2.45. The van der Waals surface area contributed by atoms with Crippen LogP contribution in [0, 0.1) is 0 Å². The molecule has 0 rings (SSSR count). The van der Waals surface area contributed by atoms with Crippen LogP contribution < -0.4 is 5.32 Å². The molecule has 6 nitrogen and oxygen atoms in total. The molecule has 0 fully saturated rings. The SMILES string of the molecule is CCCCCCCCCCCCCCCCCCCCC(O)C(CO)NC(=O)CCCCCCCCC/C=C\CCCCCCCCCCCCCOC(=O)CCCCCCCCCCCCCC. The normalized spacial score (nSPS) is 12.6. The summed E-state index contributed by atoms with van der Waals surface area (Å²) in [5.41, 5.74) is 0. The van der Waals surface area contributed by atoms with Crippen LogP contribution in [0.1, 0.15) is 354 Å². The smallest absolute Gasteiger partial charge is 0.305 e. The van der Waals surface area contributed by atoms with Crippen molar-refractivity contribution in [3.8, 4) is 0 Å². The van der Waals surface area contributed by atoms with Gasteiger partial charge in [0.2, 0.25) is 5.91 Å². The second-order valence-corrected chi connectivity index (χ2v) is 21.7. The van der Waals surface area contributed by atoms with Crippen molar-refractivity contribution in [3.05, 3.63) is 12.2 Å². The fourth-order valence-corrected chi connectivity index (χ4v) is 9.99. The molecule has 0 saturated heterocycles. The van der Waals surface area contributed by atoms with Gasteiger partial charge >= 0.3 is 5.97 Å². The third-order valence-electron chi connectivity index (χ3n) is 14.8. The molecule has 0 aliphatic rings. The van der Waals surface area contributed by atoms with Crippen LogP contribution in [0.4, 0.5) is 0 Å². The number of aliphatic hydroxyl groups excluding tert-OH is 2. The number of amides is 1. The van der Waals surface area contributed by atoms with Gasteiger partial charge < -0.3 is 20.3 Å². The molecule has 0 aromatic rings. The summed E-state index contributed by atoms with van der Waals surface area (Å²) in [6, 6.07) is -0.546. The molecule has 3 N–H and O–H groups in total. The van der Waals surface area contributed by atoms with E-state index in [2.05, 4.69) is 31.3 Å². The van der Waals surface area contributed by atoms with Crippen molar-refractivity contribution in [1.29, 1.82) is 0 Å². The third-order valence-corrected chi connectivity index (χ3v) is 14.8. The van der Waals surface area contributed by atoms with Crippen LogP contribution in [0.5, 0.6) is 0 Å². The molecule has 2 atom stereocenters. The molecule has 0 aliphatic carbocycles. The van der Waals surface area contributed by atoms with Gasteiger partial charge in [-0.25, -0.2) is 0 Å². The van der Waals surface area contributed by atoms with E-state index in [-0.39, 0.29) is 18.5 Å². The number of esters is 1. The quantitative estimate of drug-likeness (QED) is 0.0321. The standard InChI is InChI=1S/C63H123NO5/c1-3-5-7-9-11-13-15-17-18-19-26-29-32-35-39-43-47-51-55-61(66)60(59-65)64-62(67)56-52-48-44-40-36-33-30-27-24-22-20-21-23-25-28-31-34-38-42-46-50-54-58-69-63(68)57-53-49-45-41-37-16-14-12-10-8-6-4-2/h22,24,60-61,65-66H,3-21,23,25-59H2,1-2H3,(H,64,67)/b24-22-. The molecule has 0 aromatic heterocycles. The molecule has 2 unspecified atom stereocenters. The van der Waals surface area contributed by atoms with E-state index in [9.17, 15) is 19.8 Å². The van der Waals surface area contributed by atoms with E-state index in [0.29, 0.717) is 25.9 Å². The summed E-state index contributed by atoms with van der Waals surface area (Å²) in [5.74, 6) is -0.0272. The Hall–Kier alpha value is -1.40. The maximum absolute atomic E-state index is 12.5. The van der Waals surface area contributed by atoms with Gasteiger partial charge in [-0.3, -0.25) is 9.59 Å². The van der Waals surface area contributed by atoms with Crippen molar-refractivity contribution in [3.63, 3.8) is 0 Å². The predicted octanol–water partition coefficient (Wildman–Crippen LogP) is 19.6. The molecule has 0 heterocycles. The fourth-order valence-electron chi connectivity index (χ4n) is 9.99. The van der Waals surface area contributed by atoms with Crippen LogP contribution in [-0.2, 0) is 14.3 Å². The van der Waals surface area contributed by atoms with Crippen molar-refractivity contribution in [2.45, 2.75) is 366 Å². The Balaban J connectivity index is 3.41. The van der Waals surface area contributed by atoms with Crippen LogP contribution in [0.2, 0.25) is 0 Å². The number of nitrogens with one attached hydrogen (secondary N) is 1. The van der Waals surface area contributed by atoms with Crippen LogP contribution in [0.15, 0.2) is 12.2 Å². The van der Waals surface area contributed by atoms with Crippen LogP contribution in [0.25, 0.3) is 0 Å². The number of carbonyl (C=O) groups excluding carboxylic acids is 2. The average Bonchev–Trinajstić information content (AvgIpc) is 3.35.